The average molecular weight is 574 g/mol. The van der Waals surface area contributed by atoms with Crippen molar-refractivity contribution >= 4 is 23.1 Å². The van der Waals surface area contributed by atoms with Crippen LogP contribution in [0.25, 0.3) is 16.7 Å². The third-order valence-corrected chi connectivity index (χ3v) is 9.80. The molecule has 218 valence electrons. The molecule has 0 atom stereocenters. The van der Waals surface area contributed by atoms with E-state index in [4.69, 9.17) is 16.3 Å². The maximum Gasteiger partial charge on any atom is 0.247 e. The van der Waals surface area contributed by atoms with E-state index in [1.165, 1.54) is 47.9 Å². The number of benzene rings is 2. The van der Waals surface area contributed by atoms with Crippen molar-refractivity contribution in [3.63, 3.8) is 0 Å². The Bertz CT molecular complexity index is 1450. The first-order valence-electron chi connectivity index (χ1n) is 15.2. The van der Waals surface area contributed by atoms with Gasteiger partial charge in [0.05, 0.1) is 12.3 Å². The Labute approximate surface area is 250 Å². The Morgan fingerprint density at radius 1 is 1.07 bits per heavy atom. The zero-order valence-corrected chi connectivity index (χ0v) is 26.3. The van der Waals surface area contributed by atoms with Crippen molar-refractivity contribution in [1.82, 2.24) is 15.1 Å². The summed E-state index contributed by atoms with van der Waals surface area (Å²) < 4.78 is 8.08. The van der Waals surface area contributed by atoms with Gasteiger partial charge < -0.3 is 10.1 Å². The zero-order chi connectivity index (χ0) is 29.3. The van der Waals surface area contributed by atoms with Gasteiger partial charge in [0.2, 0.25) is 5.91 Å². The van der Waals surface area contributed by atoms with Gasteiger partial charge in [-0.3, -0.25) is 9.48 Å². The minimum Gasteiger partial charge on any atom is -0.494 e. The number of aryl methyl sites for hydroxylation is 4. The maximum absolute atomic E-state index is 13.7. The van der Waals surface area contributed by atoms with Gasteiger partial charge in [-0.05, 0) is 111 Å². The van der Waals surface area contributed by atoms with Crippen molar-refractivity contribution in [2.75, 3.05) is 13.2 Å². The van der Waals surface area contributed by atoms with E-state index in [0.29, 0.717) is 18.9 Å². The molecule has 3 aromatic rings. The standard InChI is InChI=1S/C35H44ClN3O2/c1-21-12-14-26(15-13-21)20-37-35(40)32-19-31-28(9-7-10-30(31)33-24(4)38-39(6)25(33)5)29(32)11-8-16-41-27-17-22(2)34(36)23(3)18-27/h7,9-10,17-18,21,26H,8,11-16,19-20H2,1-6H3,(H,37,40). The van der Waals surface area contributed by atoms with Gasteiger partial charge in [0.25, 0.3) is 0 Å². The molecule has 2 aromatic carbocycles. The molecule has 41 heavy (non-hydrogen) atoms. The van der Waals surface area contributed by atoms with Crippen LogP contribution < -0.4 is 10.1 Å². The number of carbonyl (C=O) groups excluding carboxylic acids is 1. The van der Waals surface area contributed by atoms with Crippen LogP contribution in [0.4, 0.5) is 0 Å². The Balaban J connectivity index is 1.37. The number of ether oxygens (including phenoxy) is 1. The molecule has 0 saturated heterocycles. The fourth-order valence-electron chi connectivity index (χ4n) is 6.71. The Morgan fingerprint density at radius 3 is 2.41 bits per heavy atom. The lowest BCUT2D eigenvalue weighted by atomic mass is 9.83. The van der Waals surface area contributed by atoms with Crippen molar-refractivity contribution in [1.29, 1.82) is 0 Å². The summed E-state index contributed by atoms with van der Waals surface area (Å²) >= 11 is 6.35. The predicted octanol–water partition coefficient (Wildman–Crippen LogP) is 8.09. The molecule has 0 bridgehead atoms. The number of carbonyl (C=O) groups is 1. The van der Waals surface area contributed by atoms with Gasteiger partial charge in [0.1, 0.15) is 5.75 Å². The number of nitrogens with zero attached hydrogens (tertiary/aromatic N) is 2. The molecule has 1 N–H and O–H groups in total. The normalized spacial score (nSPS) is 18.5. The molecule has 1 aromatic heterocycles. The van der Waals surface area contributed by atoms with Crippen LogP contribution in [0.3, 0.4) is 0 Å². The fraction of sp³-hybridized carbons (Fsp3) is 0.486. The van der Waals surface area contributed by atoms with Crippen LogP contribution in [0.2, 0.25) is 5.02 Å². The predicted molar refractivity (Wildman–Crippen MR) is 169 cm³/mol. The molecule has 1 saturated carbocycles. The monoisotopic (exact) mass is 573 g/mol. The molecule has 2 aliphatic rings. The molecule has 1 amide bonds. The quantitative estimate of drug-likeness (QED) is 0.263. The number of rotatable bonds is 9. The summed E-state index contributed by atoms with van der Waals surface area (Å²) in [5.41, 5.74) is 11.1. The van der Waals surface area contributed by atoms with Gasteiger partial charge in [0, 0.05) is 41.9 Å². The first-order chi connectivity index (χ1) is 19.6. The van der Waals surface area contributed by atoms with E-state index >= 15 is 0 Å². The maximum atomic E-state index is 13.7. The molecular formula is C35H44ClN3O2. The molecule has 0 aliphatic heterocycles. The summed E-state index contributed by atoms with van der Waals surface area (Å²) in [4.78, 5) is 13.7. The number of nitrogens with one attached hydrogen (secondary N) is 1. The lowest BCUT2D eigenvalue weighted by Crippen LogP contribution is -2.32. The van der Waals surface area contributed by atoms with Crippen molar-refractivity contribution in [2.24, 2.45) is 18.9 Å². The van der Waals surface area contributed by atoms with Crippen molar-refractivity contribution in [3.8, 4) is 16.9 Å². The van der Waals surface area contributed by atoms with Crippen molar-refractivity contribution in [2.45, 2.75) is 79.6 Å². The highest BCUT2D eigenvalue weighted by Crippen LogP contribution is 2.42. The molecule has 6 heteroatoms. The second-order valence-corrected chi connectivity index (χ2v) is 12.7. The molecule has 5 rings (SSSR count). The topological polar surface area (TPSA) is 56.1 Å². The first kappa shape index (κ1) is 29.4. The Kier molecular flexibility index (Phi) is 8.94. The van der Waals surface area contributed by atoms with E-state index in [9.17, 15) is 4.79 Å². The molecule has 1 fully saturated rings. The fourth-order valence-corrected chi connectivity index (χ4v) is 6.82. The van der Waals surface area contributed by atoms with Crippen LogP contribution in [0, 0.1) is 39.5 Å². The first-order valence-corrected chi connectivity index (χ1v) is 15.5. The number of hydrogen-bond donors (Lipinski definition) is 1. The average Bonchev–Trinajstić information content (AvgIpc) is 3.44. The van der Waals surface area contributed by atoms with Crippen LogP contribution in [0.15, 0.2) is 35.9 Å². The number of fused-ring (bicyclic) bond motifs is 1. The number of aromatic nitrogens is 2. The molecule has 2 aliphatic carbocycles. The van der Waals surface area contributed by atoms with Gasteiger partial charge in [0.15, 0.2) is 0 Å². The summed E-state index contributed by atoms with van der Waals surface area (Å²) in [7, 11) is 1.99. The summed E-state index contributed by atoms with van der Waals surface area (Å²) in [6.07, 6.45) is 7.20. The third-order valence-electron chi connectivity index (χ3n) is 9.21. The largest absolute Gasteiger partial charge is 0.494 e. The molecule has 0 unspecified atom stereocenters. The summed E-state index contributed by atoms with van der Waals surface area (Å²) in [6.45, 7) is 11.9. The number of amides is 1. The van der Waals surface area contributed by atoms with E-state index in [0.717, 1.165) is 69.7 Å². The molecule has 0 radical (unpaired) electrons. The zero-order valence-electron chi connectivity index (χ0n) is 25.5. The van der Waals surface area contributed by atoms with Gasteiger partial charge in [-0.15, -0.1) is 0 Å². The van der Waals surface area contributed by atoms with Crippen LogP contribution in [0.1, 0.15) is 79.1 Å². The van der Waals surface area contributed by atoms with Gasteiger partial charge in [-0.25, -0.2) is 0 Å². The SMILES string of the molecule is Cc1cc(OCCCC2=C(C(=O)NCC3CCC(C)CC3)Cc3c2cccc3-c2c(C)nn(C)c2C)cc(C)c1Cl. The van der Waals surface area contributed by atoms with Gasteiger partial charge in [-0.1, -0.05) is 49.6 Å². The van der Waals surface area contributed by atoms with Gasteiger partial charge >= 0.3 is 0 Å². The second-order valence-electron chi connectivity index (χ2n) is 12.3. The Morgan fingerprint density at radius 2 is 1.76 bits per heavy atom. The van der Waals surface area contributed by atoms with Crippen LogP contribution in [-0.2, 0) is 18.3 Å². The van der Waals surface area contributed by atoms with E-state index in [1.54, 1.807) is 0 Å². The highest BCUT2D eigenvalue weighted by atomic mass is 35.5. The lowest BCUT2D eigenvalue weighted by Gasteiger charge is -2.26. The summed E-state index contributed by atoms with van der Waals surface area (Å²) in [5, 5.41) is 8.81. The molecular weight excluding hydrogens is 530 g/mol. The number of halogens is 1. The van der Waals surface area contributed by atoms with Crippen LogP contribution >= 0.6 is 11.6 Å². The smallest absolute Gasteiger partial charge is 0.247 e. The minimum absolute atomic E-state index is 0.0882. The lowest BCUT2D eigenvalue weighted by molar-refractivity contribution is -0.117. The highest BCUT2D eigenvalue weighted by Gasteiger charge is 2.30. The number of allylic oxidation sites excluding steroid dienone is 1. The highest BCUT2D eigenvalue weighted by molar-refractivity contribution is 6.32. The Hall–Kier alpha value is -3.05. The van der Waals surface area contributed by atoms with Crippen molar-refractivity contribution < 1.29 is 9.53 Å². The number of hydrogen-bond acceptors (Lipinski definition) is 3. The minimum atomic E-state index is 0.0882. The summed E-state index contributed by atoms with van der Waals surface area (Å²) in [5.74, 6) is 2.32. The van der Waals surface area contributed by atoms with E-state index in [2.05, 4.69) is 49.4 Å². The second kappa shape index (κ2) is 12.4. The third kappa shape index (κ3) is 6.25. The summed E-state index contributed by atoms with van der Waals surface area (Å²) in [6, 6.07) is 10.5. The van der Waals surface area contributed by atoms with Crippen LogP contribution in [0.5, 0.6) is 5.75 Å². The molecule has 1 heterocycles. The van der Waals surface area contributed by atoms with E-state index < -0.39 is 0 Å². The molecule has 0 spiro atoms. The van der Waals surface area contributed by atoms with Crippen molar-refractivity contribution in [3.05, 3.63) is 74.6 Å². The van der Waals surface area contributed by atoms with Crippen LogP contribution in [-0.4, -0.2) is 28.8 Å². The van der Waals surface area contributed by atoms with Gasteiger partial charge in [-0.2, -0.15) is 5.10 Å². The van der Waals surface area contributed by atoms with E-state index in [-0.39, 0.29) is 5.91 Å². The van der Waals surface area contributed by atoms with E-state index in [1.807, 2.05) is 37.7 Å². The molecule has 5 nitrogen and oxygen atoms in total.